The Morgan fingerprint density at radius 1 is 1.39 bits per heavy atom. The number of sulfonamides is 1. The highest BCUT2D eigenvalue weighted by molar-refractivity contribution is 7.89. The number of benzene rings is 1. The van der Waals surface area contributed by atoms with Gasteiger partial charge in [-0.05, 0) is 62.0 Å². The molecule has 1 atom stereocenters. The third-order valence-electron chi connectivity index (χ3n) is 4.51. The van der Waals surface area contributed by atoms with Crippen molar-refractivity contribution in [1.29, 1.82) is 0 Å². The normalized spacial score (nSPS) is 19.5. The van der Waals surface area contributed by atoms with Gasteiger partial charge in [-0.3, -0.25) is 0 Å². The first-order chi connectivity index (χ1) is 10.8. The van der Waals surface area contributed by atoms with E-state index in [9.17, 15) is 8.42 Å². The van der Waals surface area contributed by atoms with E-state index in [1.54, 1.807) is 17.5 Å². The van der Waals surface area contributed by atoms with Gasteiger partial charge in [-0.15, -0.1) is 0 Å². The fourth-order valence-corrected chi connectivity index (χ4v) is 4.97. The van der Waals surface area contributed by atoms with Crippen molar-refractivity contribution in [3.8, 4) is 5.75 Å². The fourth-order valence-electron chi connectivity index (χ4n) is 3.19. The van der Waals surface area contributed by atoms with Gasteiger partial charge in [0.15, 0.2) is 0 Å². The van der Waals surface area contributed by atoms with Gasteiger partial charge >= 0.3 is 0 Å². The molecule has 6 heteroatoms. The largest absolute Gasteiger partial charge is 0.496 e. The van der Waals surface area contributed by atoms with Gasteiger partial charge in [0, 0.05) is 13.1 Å². The van der Waals surface area contributed by atoms with E-state index in [4.69, 9.17) is 4.74 Å². The Kier molecular flexibility index (Phi) is 5.70. The van der Waals surface area contributed by atoms with Gasteiger partial charge in [0.05, 0.1) is 12.0 Å². The highest BCUT2D eigenvalue weighted by Crippen LogP contribution is 2.34. The van der Waals surface area contributed by atoms with Crippen molar-refractivity contribution in [3.63, 3.8) is 0 Å². The van der Waals surface area contributed by atoms with Crippen molar-refractivity contribution in [1.82, 2.24) is 9.62 Å². The van der Waals surface area contributed by atoms with Crippen LogP contribution in [0.1, 0.15) is 37.3 Å². The molecule has 1 aliphatic heterocycles. The van der Waals surface area contributed by atoms with Crippen LogP contribution in [0.2, 0.25) is 0 Å². The monoisotopic (exact) mass is 340 g/mol. The van der Waals surface area contributed by atoms with E-state index in [-0.39, 0.29) is 5.92 Å². The molecule has 1 aromatic rings. The Labute approximate surface area is 140 Å². The third-order valence-corrected chi connectivity index (χ3v) is 6.52. The highest BCUT2D eigenvalue weighted by atomic mass is 32.2. The van der Waals surface area contributed by atoms with Crippen LogP contribution in [0.25, 0.3) is 0 Å². The Hall–Kier alpha value is -1.11. The smallest absolute Gasteiger partial charge is 0.243 e. The third kappa shape index (κ3) is 3.70. The van der Waals surface area contributed by atoms with E-state index in [0.717, 1.165) is 29.8 Å². The van der Waals surface area contributed by atoms with Gasteiger partial charge in [-0.1, -0.05) is 13.8 Å². The lowest BCUT2D eigenvalue weighted by molar-refractivity contribution is 0.406. The lowest BCUT2D eigenvalue weighted by Crippen LogP contribution is -2.31. The summed E-state index contributed by atoms with van der Waals surface area (Å²) in [6.45, 7) is 7.96. The van der Waals surface area contributed by atoms with Crippen LogP contribution in [0.3, 0.4) is 0 Å². The van der Waals surface area contributed by atoms with Gasteiger partial charge in [-0.2, -0.15) is 4.31 Å². The Morgan fingerprint density at radius 2 is 2.09 bits per heavy atom. The number of methoxy groups -OCH3 is 1. The first-order valence-corrected chi connectivity index (χ1v) is 9.58. The van der Waals surface area contributed by atoms with Crippen LogP contribution < -0.4 is 10.1 Å². The molecule has 130 valence electrons. The molecule has 0 spiro atoms. The van der Waals surface area contributed by atoms with Gasteiger partial charge < -0.3 is 10.1 Å². The molecule has 0 aliphatic carbocycles. The first-order valence-electron chi connectivity index (χ1n) is 8.14. The molecule has 0 saturated carbocycles. The minimum absolute atomic E-state index is 0.204. The van der Waals surface area contributed by atoms with Gasteiger partial charge in [-0.25, -0.2) is 8.42 Å². The summed E-state index contributed by atoms with van der Waals surface area (Å²) in [4.78, 5) is 0.409. The summed E-state index contributed by atoms with van der Waals surface area (Å²) in [6.07, 6.45) is 0.909. The van der Waals surface area contributed by atoms with Crippen molar-refractivity contribution in [2.75, 3.05) is 33.8 Å². The van der Waals surface area contributed by atoms with Crippen LogP contribution >= 0.6 is 0 Å². The van der Waals surface area contributed by atoms with E-state index in [0.29, 0.717) is 23.9 Å². The van der Waals surface area contributed by atoms with Crippen LogP contribution in [0.15, 0.2) is 17.0 Å². The van der Waals surface area contributed by atoms with E-state index < -0.39 is 10.0 Å². The quantitative estimate of drug-likeness (QED) is 0.864. The number of nitrogens with zero attached hydrogens (tertiary/aromatic N) is 1. The lowest BCUT2D eigenvalue weighted by atomic mass is 10.0. The molecule has 23 heavy (non-hydrogen) atoms. The van der Waals surface area contributed by atoms with E-state index in [1.165, 1.54) is 0 Å². The van der Waals surface area contributed by atoms with Crippen molar-refractivity contribution in [2.45, 2.75) is 38.0 Å². The van der Waals surface area contributed by atoms with Gasteiger partial charge in [0.25, 0.3) is 0 Å². The number of ether oxygens (including phenoxy) is 1. The van der Waals surface area contributed by atoms with Crippen molar-refractivity contribution >= 4 is 10.0 Å². The number of rotatable bonds is 6. The SMILES string of the molecule is CNCC1CCN(S(=O)(=O)c2cc(C(C)C)c(OC)cc2C)C1. The maximum Gasteiger partial charge on any atom is 0.243 e. The molecule has 1 aromatic carbocycles. The summed E-state index contributed by atoms with van der Waals surface area (Å²) < 4.78 is 33.1. The summed E-state index contributed by atoms with van der Waals surface area (Å²) in [6, 6.07) is 3.63. The maximum absolute atomic E-state index is 13.0. The number of hydrogen-bond donors (Lipinski definition) is 1. The summed E-state index contributed by atoms with van der Waals surface area (Å²) in [5.74, 6) is 1.35. The second kappa shape index (κ2) is 7.20. The fraction of sp³-hybridized carbons (Fsp3) is 0.647. The summed E-state index contributed by atoms with van der Waals surface area (Å²) >= 11 is 0. The molecule has 0 bridgehead atoms. The first kappa shape index (κ1) is 18.2. The van der Waals surface area contributed by atoms with Gasteiger partial charge in [0.1, 0.15) is 5.75 Å². The molecule has 1 aliphatic rings. The molecule has 0 aromatic heterocycles. The summed E-state index contributed by atoms with van der Waals surface area (Å²) in [5.41, 5.74) is 1.67. The molecule has 1 fully saturated rings. The molecule has 1 N–H and O–H groups in total. The number of aryl methyl sites for hydroxylation is 1. The van der Waals surface area contributed by atoms with Crippen molar-refractivity contribution < 1.29 is 13.2 Å². The van der Waals surface area contributed by atoms with E-state index in [1.807, 2.05) is 33.9 Å². The van der Waals surface area contributed by atoms with Gasteiger partial charge in [0.2, 0.25) is 10.0 Å². The van der Waals surface area contributed by atoms with Crippen LogP contribution in [-0.2, 0) is 10.0 Å². The van der Waals surface area contributed by atoms with E-state index in [2.05, 4.69) is 5.32 Å². The molecule has 0 radical (unpaired) electrons. The molecule has 5 nitrogen and oxygen atoms in total. The van der Waals surface area contributed by atoms with E-state index >= 15 is 0 Å². The van der Waals surface area contributed by atoms with Crippen LogP contribution in [0.4, 0.5) is 0 Å². The standard InChI is InChI=1S/C17H28N2O3S/c1-12(2)15-9-17(13(3)8-16(15)22-5)23(20,21)19-7-6-14(11-19)10-18-4/h8-9,12,14,18H,6-7,10-11H2,1-5H3. The number of hydrogen-bond acceptors (Lipinski definition) is 4. The van der Waals surface area contributed by atoms with Crippen molar-refractivity contribution in [3.05, 3.63) is 23.3 Å². The number of nitrogens with one attached hydrogen (secondary N) is 1. The average Bonchev–Trinajstić information content (AvgIpc) is 2.96. The Morgan fingerprint density at radius 3 is 2.65 bits per heavy atom. The molecule has 1 unspecified atom stereocenters. The van der Waals surface area contributed by atoms with Crippen molar-refractivity contribution in [2.24, 2.45) is 5.92 Å². The predicted octanol–water partition coefficient (Wildman–Crippen LogP) is 2.36. The zero-order valence-electron chi connectivity index (χ0n) is 14.7. The molecule has 1 saturated heterocycles. The molecule has 1 heterocycles. The minimum Gasteiger partial charge on any atom is -0.496 e. The Balaban J connectivity index is 2.38. The molecular formula is C17H28N2O3S. The van der Waals surface area contributed by atoms with Crippen LogP contribution in [-0.4, -0.2) is 46.5 Å². The van der Waals surface area contributed by atoms with Crippen LogP contribution in [0, 0.1) is 12.8 Å². The average molecular weight is 340 g/mol. The topological polar surface area (TPSA) is 58.6 Å². The lowest BCUT2D eigenvalue weighted by Gasteiger charge is -2.21. The zero-order valence-corrected chi connectivity index (χ0v) is 15.5. The maximum atomic E-state index is 13.0. The summed E-state index contributed by atoms with van der Waals surface area (Å²) in [7, 11) is 0.0735. The summed E-state index contributed by atoms with van der Waals surface area (Å²) in [5, 5.41) is 3.13. The molecular weight excluding hydrogens is 312 g/mol. The Bertz CT molecular complexity index is 656. The molecule has 0 amide bonds. The second-order valence-electron chi connectivity index (χ2n) is 6.59. The highest BCUT2D eigenvalue weighted by Gasteiger charge is 2.33. The second-order valence-corrected chi connectivity index (χ2v) is 8.50. The minimum atomic E-state index is -3.45. The van der Waals surface area contributed by atoms with Crippen LogP contribution in [0.5, 0.6) is 5.75 Å². The zero-order chi connectivity index (χ0) is 17.2. The molecule has 2 rings (SSSR count). The predicted molar refractivity (Wildman–Crippen MR) is 92.6 cm³/mol.